The molecule has 18 nitrogen and oxygen atoms in total. The Kier molecular flexibility index (Phi) is 13.1. The molecule has 0 bridgehead atoms. The Morgan fingerprint density at radius 2 is 0.983 bits per heavy atom. The number of rotatable bonds is 12. The third-order valence-electron chi connectivity index (χ3n) is 11.4. The lowest BCUT2D eigenvalue weighted by Crippen LogP contribution is -2.44. The maximum absolute atomic E-state index is 13.8. The van der Waals surface area contributed by atoms with Crippen LogP contribution < -0.4 is 21.3 Å². The number of imidazole rings is 2. The van der Waals surface area contributed by atoms with E-state index in [4.69, 9.17) is 9.47 Å². The lowest BCUT2D eigenvalue weighted by atomic mass is 9.91. The summed E-state index contributed by atoms with van der Waals surface area (Å²) >= 11 is 0. The van der Waals surface area contributed by atoms with E-state index in [0.717, 1.165) is 12.8 Å². The van der Waals surface area contributed by atoms with Crippen LogP contribution in [0.15, 0.2) is 73.1 Å². The zero-order valence-electron chi connectivity index (χ0n) is 33.5. The van der Waals surface area contributed by atoms with Gasteiger partial charge in [-0.25, -0.2) is 19.6 Å². The first-order valence-electron chi connectivity index (χ1n) is 20.2. The first kappa shape index (κ1) is 41.4. The molecule has 2 saturated heterocycles. The maximum Gasteiger partial charge on any atom is 0.407 e. The number of hydrogen-bond donors (Lipinski definition) is 6. The first-order valence-corrected chi connectivity index (χ1v) is 20.2. The molecule has 18 heteroatoms. The molecule has 1 saturated carbocycles. The smallest absolute Gasteiger partial charge is 0.407 e. The molecule has 4 atom stereocenters. The Morgan fingerprint density at radius 1 is 0.600 bits per heavy atom. The van der Waals surface area contributed by atoms with E-state index in [9.17, 15) is 28.8 Å². The summed E-state index contributed by atoms with van der Waals surface area (Å²) in [7, 11) is 2.49. The van der Waals surface area contributed by atoms with E-state index in [1.165, 1.54) is 26.6 Å². The van der Waals surface area contributed by atoms with Crippen molar-refractivity contribution in [3.05, 3.63) is 107 Å². The molecule has 60 heavy (non-hydrogen) atoms. The second kappa shape index (κ2) is 18.9. The molecule has 2 aromatic carbocycles. The van der Waals surface area contributed by atoms with Crippen molar-refractivity contribution >= 4 is 35.8 Å². The Bertz CT molecular complexity index is 2000. The molecule has 6 amide bonds. The SMILES string of the molecule is COC(=O)N[C@@H](C(=O)N1CCC[C@H]1c1ncc(C(=O)NC2CCC(NC(=O)c3cnc([C@@H]4CCCN4C(=O)[C@H](NC(=O)OC)c4ccccc4)[nH]3)CC2)[nH]1)c1ccccc1. The molecule has 4 heterocycles. The fourth-order valence-electron chi connectivity index (χ4n) is 8.33. The normalized spacial score (nSPS) is 21.0. The summed E-state index contributed by atoms with van der Waals surface area (Å²) in [4.78, 5) is 97.2. The largest absolute Gasteiger partial charge is 0.453 e. The zero-order chi connectivity index (χ0) is 42.2. The first-order chi connectivity index (χ1) is 29.1. The van der Waals surface area contributed by atoms with Gasteiger partial charge in [0.05, 0.1) is 38.7 Å². The highest BCUT2D eigenvalue weighted by Gasteiger charge is 2.39. The molecule has 0 radical (unpaired) electrons. The lowest BCUT2D eigenvalue weighted by Gasteiger charge is -2.29. The number of hydrogen-bond acceptors (Lipinski definition) is 10. The summed E-state index contributed by atoms with van der Waals surface area (Å²) in [5, 5.41) is 11.5. The standard InChI is InChI=1S/C42H50N10O8/c1-59-41(57)49-33(25-11-5-3-6-12-25)39(55)51-21-9-15-31(51)35-43-23-29(47-35)37(53)45-27-17-19-28(20-18-27)46-38(54)30-24-44-36(48-30)32-16-10-22-52(32)40(56)34(50-42(58)60-2)26-13-7-4-8-14-26/h3-8,11-14,23-24,27-28,31-34H,9-10,15-22H2,1-2H3,(H,43,47)(H,44,48)(H,45,53)(H,46,54)(H,49,57)(H,50,58)/t27?,28?,31-,32-,33+,34+/m0/s1. The van der Waals surface area contributed by atoms with E-state index in [1.807, 2.05) is 12.1 Å². The van der Waals surface area contributed by atoms with Gasteiger partial charge in [-0.1, -0.05) is 60.7 Å². The van der Waals surface area contributed by atoms with Gasteiger partial charge in [-0.3, -0.25) is 19.2 Å². The lowest BCUT2D eigenvalue weighted by molar-refractivity contribution is -0.135. The number of nitrogens with one attached hydrogen (secondary N) is 6. The van der Waals surface area contributed by atoms with E-state index in [-0.39, 0.29) is 47.1 Å². The van der Waals surface area contributed by atoms with Crippen molar-refractivity contribution in [2.45, 2.75) is 87.6 Å². The molecule has 2 aliphatic heterocycles. The summed E-state index contributed by atoms with van der Waals surface area (Å²) in [5.41, 5.74) is 1.80. The highest BCUT2D eigenvalue weighted by atomic mass is 16.5. The Hall–Kier alpha value is -6.72. The van der Waals surface area contributed by atoms with Gasteiger partial charge >= 0.3 is 12.2 Å². The molecule has 2 aromatic heterocycles. The van der Waals surface area contributed by atoms with E-state index < -0.39 is 36.4 Å². The Labute approximate surface area is 346 Å². The molecule has 3 aliphatic rings. The van der Waals surface area contributed by atoms with E-state index in [1.54, 1.807) is 58.3 Å². The van der Waals surface area contributed by atoms with Crippen LogP contribution in [0.4, 0.5) is 9.59 Å². The Morgan fingerprint density at radius 3 is 1.35 bits per heavy atom. The van der Waals surface area contributed by atoms with Gasteiger partial charge in [0.15, 0.2) is 0 Å². The van der Waals surface area contributed by atoms with Crippen molar-refractivity contribution in [2.24, 2.45) is 0 Å². The van der Waals surface area contributed by atoms with Crippen molar-refractivity contribution in [3.63, 3.8) is 0 Å². The molecule has 1 aliphatic carbocycles. The van der Waals surface area contributed by atoms with Gasteiger partial charge in [0.1, 0.15) is 35.1 Å². The van der Waals surface area contributed by atoms with Crippen molar-refractivity contribution in [1.82, 2.24) is 51.0 Å². The second-order valence-corrected chi connectivity index (χ2v) is 15.2. The second-order valence-electron chi connectivity index (χ2n) is 15.2. The number of ether oxygens (including phenoxy) is 2. The average Bonchev–Trinajstić information content (AvgIpc) is 4.12. The van der Waals surface area contributed by atoms with Crippen LogP contribution in [0, 0.1) is 0 Å². The molecule has 316 valence electrons. The number of H-pyrrole nitrogens is 2. The van der Waals surface area contributed by atoms with Gasteiger partial charge in [-0.05, 0) is 62.5 Å². The van der Waals surface area contributed by atoms with Crippen LogP contribution in [-0.4, -0.2) is 105 Å². The fourth-order valence-corrected chi connectivity index (χ4v) is 8.33. The number of likely N-dealkylation sites (tertiary alicyclic amines) is 2. The highest BCUT2D eigenvalue weighted by molar-refractivity contribution is 5.93. The van der Waals surface area contributed by atoms with E-state index in [2.05, 4.69) is 41.2 Å². The number of carbonyl (C=O) groups is 6. The number of carbonyl (C=O) groups excluding carboxylic acids is 6. The van der Waals surface area contributed by atoms with Gasteiger partial charge in [-0.2, -0.15) is 0 Å². The van der Waals surface area contributed by atoms with Gasteiger partial charge in [0.2, 0.25) is 0 Å². The number of nitrogens with zero attached hydrogens (tertiary/aromatic N) is 4. The number of methoxy groups -OCH3 is 2. The average molecular weight is 823 g/mol. The molecule has 4 aromatic rings. The van der Waals surface area contributed by atoms with E-state index >= 15 is 0 Å². The summed E-state index contributed by atoms with van der Waals surface area (Å²) < 4.78 is 9.57. The summed E-state index contributed by atoms with van der Waals surface area (Å²) in [6.07, 6.45) is 6.82. The zero-order valence-corrected chi connectivity index (χ0v) is 33.5. The van der Waals surface area contributed by atoms with Crippen LogP contribution >= 0.6 is 0 Å². The third kappa shape index (κ3) is 9.43. The minimum absolute atomic E-state index is 0.115. The fraction of sp³-hybridized carbons (Fsp3) is 0.429. The monoisotopic (exact) mass is 822 g/mol. The molecule has 7 rings (SSSR count). The predicted octanol–water partition coefficient (Wildman–Crippen LogP) is 4.13. The van der Waals surface area contributed by atoms with Crippen molar-refractivity contribution in [3.8, 4) is 0 Å². The number of aromatic amines is 2. The quantitative estimate of drug-likeness (QED) is 0.120. The predicted molar refractivity (Wildman–Crippen MR) is 215 cm³/mol. The number of aromatic nitrogens is 4. The van der Waals surface area contributed by atoms with Crippen LogP contribution in [0.2, 0.25) is 0 Å². The summed E-state index contributed by atoms with van der Waals surface area (Å²) in [6.45, 7) is 0.930. The van der Waals surface area contributed by atoms with Crippen molar-refractivity contribution in [2.75, 3.05) is 27.3 Å². The molecular formula is C42H50N10O8. The topological polar surface area (TPSA) is 233 Å². The molecule has 0 unspecified atom stereocenters. The summed E-state index contributed by atoms with van der Waals surface area (Å²) in [6, 6.07) is 15.0. The van der Waals surface area contributed by atoms with Gasteiger partial charge in [0, 0.05) is 25.2 Å². The maximum atomic E-state index is 13.8. The number of benzene rings is 2. The minimum Gasteiger partial charge on any atom is -0.453 e. The number of alkyl carbamates (subject to hydrolysis) is 2. The summed E-state index contributed by atoms with van der Waals surface area (Å²) in [5.74, 6) is -0.250. The Balaban J connectivity index is 0.904. The van der Waals surface area contributed by atoms with Crippen LogP contribution in [0.5, 0.6) is 0 Å². The van der Waals surface area contributed by atoms with Crippen molar-refractivity contribution < 1.29 is 38.2 Å². The van der Waals surface area contributed by atoms with Crippen LogP contribution in [0.25, 0.3) is 0 Å². The van der Waals surface area contributed by atoms with Gasteiger partial charge in [0.25, 0.3) is 23.6 Å². The number of amides is 6. The van der Waals surface area contributed by atoms with Crippen LogP contribution in [0.3, 0.4) is 0 Å². The van der Waals surface area contributed by atoms with Crippen LogP contribution in [-0.2, 0) is 19.1 Å². The minimum atomic E-state index is -0.952. The molecular weight excluding hydrogens is 773 g/mol. The highest BCUT2D eigenvalue weighted by Crippen LogP contribution is 2.34. The van der Waals surface area contributed by atoms with Crippen molar-refractivity contribution in [1.29, 1.82) is 0 Å². The van der Waals surface area contributed by atoms with E-state index in [0.29, 0.717) is 74.4 Å². The van der Waals surface area contributed by atoms with Crippen LogP contribution in [0.1, 0.15) is 119 Å². The third-order valence-corrected chi connectivity index (χ3v) is 11.4. The van der Waals surface area contributed by atoms with Gasteiger partial charge in [-0.15, -0.1) is 0 Å². The molecule has 0 spiro atoms. The molecule has 6 N–H and O–H groups in total. The molecule has 3 fully saturated rings. The van der Waals surface area contributed by atoms with Gasteiger partial charge < -0.3 is 50.5 Å².